The summed E-state index contributed by atoms with van der Waals surface area (Å²) in [5, 5.41) is 0. The number of hydrogen-bond acceptors (Lipinski definition) is 3. The summed E-state index contributed by atoms with van der Waals surface area (Å²) in [6.07, 6.45) is 20.1. The van der Waals surface area contributed by atoms with Gasteiger partial charge in [-0.25, -0.2) is 0 Å². The third-order valence-electron chi connectivity index (χ3n) is 4.85. The highest BCUT2D eigenvalue weighted by molar-refractivity contribution is 5.81. The first-order valence-electron chi connectivity index (χ1n) is 9.96. The van der Waals surface area contributed by atoms with E-state index in [-0.39, 0.29) is 11.9 Å². The normalized spacial score (nSPS) is 19.7. The Balaban J connectivity index is 2.68. The number of rotatable bonds is 12. The number of hydrogen-bond donors (Lipinski definition) is 0. The molecule has 1 saturated carbocycles. The van der Waals surface area contributed by atoms with Crippen LogP contribution < -0.4 is 0 Å². The number of carbonyl (C=O) groups excluding carboxylic acids is 2. The predicted molar refractivity (Wildman–Crippen MR) is 102 cm³/mol. The van der Waals surface area contributed by atoms with Gasteiger partial charge >= 0.3 is 5.97 Å². The molecule has 1 aliphatic carbocycles. The van der Waals surface area contributed by atoms with Gasteiger partial charge in [0.05, 0.1) is 0 Å². The molecule has 0 aliphatic heterocycles. The van der Waals surface area contributed by atoms with Gasteiger partial charge in [-0.3, -0.25) is 9.59 Å². The van der Waals surface area contributed by atoms with E-state index >= 15 is 0 Å². The summed E-state index contributed by atoms with van der Waals surface area (Å²) in [6.45, 7) is 4.28. The topological polar surface area (TPSA) is 43.4 Å². The molecule has 0 spiro atoms. The van der Waals surface area contributed by atoms with Crippen molar-refractivity contribution < 1.29 is 14.3 Å². The summed E-state index contributed by atoms with van der Waals surface area (Å²) in [5.41, 5.74) is -0.956. The molecule has 3 nitrogen and oxygen atoms in total. The molecule has 2 atom stereocenters. The van der Waals surface area contributed by atoms with Gasteiger partial charge in [-0.05, 0) is 31.3 Å². The minimum atomic E-state index is -0.956. The highest BCUT2D eigenvalue weighted by atomic mass is 16.6. The van der Waals surface area contributed by atoms with Gasteiger partial charge < -0.3 is 4.74 Å². The largest absolute Gasteiger partial charge is 0.442 e. The number of allylic oxidation sites excluding steroid dienone is 1. The zero-order chi connectivity index (χ0) is 18.5. The van der Waals surface area contributed by atoms with E-state index in [2.05, 4.69) is 19.8 Å². The number of unbranched alkanes of at least 4 members (excludes halogenated alkanes) is 5. The van der Waals surface area contributed by atoms with E-state index < -0.39 is 5.60 Å². The molecule has 3 heteroatoms. The van der Waals surface area contributed by atoms with E-state index in [0.717, 1.165) is 51.4 Å². The van der Waals surface area contributed by atoms with Crippen LogP contribution in [0.25, 0.3) is 0 Å². The maximum absolute atomic E-state index is 12.3. The average molecular weight is 347 g/mol. The molecular formula is C22H34O3. The van der Waals surface area contributed by atoms with Crippen LogP contribution in [0.5, 0.6) is 0 Å². The average Bonchev–Trinajstić information content (AvgIpc) is 3.02. The summed E-state index contributed by atoms with van der Waals surface area (Å²) in [6, 6.07) is 0. The summed E-state index contributed by atoms with van der Waals surface area (Å²) in [7, 11) is 0. The number of ketones is 1. The van der Waals surface area contributed by atoms with Crippen LogP contribution in [0, 0.1) is 18.3 Å². The van der Waals surface area contributed by atoms with E-state index in [9.17, 15) is 9.59 Å². The Morgan fingerprint density at radius 1 is 1.24 bits per heavy atom. The Bertz CT molecular complexity index is 486. The van der Waals surface area contributed by atoms with Crippen molar-refractivity contribution in [3.8, 4) is 12.3 Å². The van der Waals surface area contributed by atoms with Gasteiger partial charge in [-0.1, -0.05) is 57.9 Å². The number of ether oxygens (including phenoxy) is 1. The van der Waals surface area contributed by atoms with Crippen LogP contribution in [0.2, 0.25) is 0 Å². The molecular weight excluding hydrogens is 312 g/mol. The fourth-order valence-corrected chi connectivity index (χ4v) is 3.20. The molecule has 1 rings (SSSR count). The molecule has 0 radical (unpaired) electrons. The van der Waals surface area contributed by atoms with Crippen LogP contribution in [0.15, 0.2) is 12.2 Å². The lowest BCUT2D eigenvalue weighted by Crippen LogP contribution is -2.31. The molecule has 0 N–H and O–H groups in total. The number of carbonyl (C=O) groups is 2. The number of terminal acetylenes is 1. The highest BCUT2D eigenvalue weighted by Gasteiger charge is 2.30. The summed E-state index contributed by atoms with van der Waals surface area (Å²) >= 11 is 0. The molecule has 0 saturated heterocycles. The summed E-state index contributed by atoms with van der Waals surface area (Å²) < 4.78 is 5.75. The monoisotopic (exact) mass is 346 g/mol. The lowest BCUT2D eigenvalue weighted by molar-refractivity contribution is -0.151. The summed E-state index contributed by atoms with van der Waals surface area (Å²) in [5.74, 6) is 3.05. The molecule has 1 fully saturated rings. The van der Waals surface area contributed by atoms with Crippen molar-refractivity contribution in [3.63, 3.8) is 0 Å². The lowest BCUT2D eigenvalue weighted by atomic mass is 9.93. The fraction of sp³-hybridized carbons (Fsp3) is 0.727. The molecule has 25 heavy (non-hydrogen) atoms. The number of esters is 1. The quantitative estimate of drug-likeness (QED) is 0.206. The molecule has 0 amide bonds. The van der Waals surface area contributed by atoms with Crippen molar-refractivity contribution in [1.82, 2.24) is 0 Å². The Morgan fingerprint density at radius 3 is 2.56 bits per heavy atom. The van der Waals surface area contributed by atoms with E-state index in [0.29, 0.717) is 31.5 Å². The second-order valence-corrected chi connectivity index (χ2v) is 7.18. The van der Waals surface area contributed by atoms with Gasteiger partial charge in [0.25, 0.3) is 0 Å². The first-order valence-corrected chi connectivity index (χ1v) is 9.96. The van der Waals surface area contributed by atoms with Crippen LogP contribution in [0.4, 0.5) is 0 Å². The van der Waals surface area contributed by atoms with Crippen LogP contribution in [0.1, 0.15) is 90.9 Å². The van der Waals surface area contributed by atoms with Crippen molar-refractivity contribution >= 4 is 11.8 Å². The molecule has 0 aromatic carbocycles. The van der Waals surface area contributed by atoms with E-state index in [1.54, 1.807) is 0 Å². The smallest absolute Gasteiger partial charge is 0.307 e. The molecule has 140 valence electrons. The van der Waals surface area contributed by atoms with Crippen molar-refractivity contribution in [2.24, 2.45) is 5.92 Å². The van der Waals surface area contributed by atoms with Gasteiger partial charge in [0.1, 0.15) is 5.78 Å². The Hall–Kier alpha value is -1.56. The van der Waals surface area contributed by atoms with Crippen molar-refractivity contribution in [3.05, 3.63) is 12.2 Å². The van der Waals surface area contributed by atoms with Gasteiger partial charge in [-0.15, -0.1) is 6.42 Å². The van der Waals surface area contributed by atoms with E-state index in [1.807, 2.05) is 12.2 Å². The summed E-state index contributed by atoms with van der Waals surface area (Å²) in [4.78, 5) is 23.7. The second kappa shape index (κ2) is 11.9. The number of Topliss-reactive ketones (excluding diaryl/α,β-unsaturated/α-hetero) is 1. The standard InChI is InChI=1S/C22H34O3/c1-4-7-9-10-12-21(24)25-22(6-3,16-11-8-5-2)17-15-19-13-14-20(23)18-19/h3,15,17,19H,4-5,7-14,16,18H2,1-2H3/t19?,22-/m0/s1. The maximum atomic E-state index is 12.3. The van der Waals surface area contributed by atoms with Crippen LogP contribution in [-0.4, -0.2) is 17.4 Å². The van der Waals surface area contributed by atoms with Crippen LogP contribution in [0.3, 0.4) is 0 Å². The Kier molecular flexibility index (Phi) is 10.2. The molecule has 1 aliphatic rings. The van der Waals surface area contributed by atoms with Crippen LogP contribution >= 0.6 is 0 Å². The third-order valence-corrected chi connectivity index (χ3v) is 4.85. The predicted octanol–water partition coefficient (Wildman–Crippen LogP) is 5.38. The fourth-order valence-electron chi connectivity index (χ4n) is 3.20. The molecule has 0 bridgehead atoms. The molecule has 1 unspecified atom stereocenters. The maximum Gasteiger partial charge on any atom is 0.307 e. The van der Waals surface area contributed by atoms with Gasteiger partial charge in [0, 0.05) is 25.7 Å². The lowest BCUT2D eigenvalue weighted by Gasteiger charge is -2.26. The SMILES string of the molecule is C#C[C@@](C=CC1CCC(=O)C1)(CCCCC)OC(=O)CCCCCC. The van der Waals surface area contributed by atoms with Gasteiger partial charge in [-0.2, -0.15) is 0 Å². The zero-order valence-electron chi connectivity index (χ0n) is 16.0. The van der Waals surface area contributed by atoms with Crippen LogP contribution in [-0.2, 0) is 14.3 Å². The molecule has 0 heterocycles. The van der Waals surface area contributed by atoms with Crippen molar-refractivity contribution in [1.29, 1.82) is 0 Å². The van der Waals surface area contributed by atoms with E-state index in [1.165, 1.54) is 0 Å². The minimum absolute atomic E-state index is 0.210. The third kappa shape index (κ3) is 8.38. The Labute approximate surface area is 153 Å². The first kappa shape index (κ1) is 21.5. The van der Waals surface area contributed by atoms with Crippen molar-refractivity contribution in [2.75, 3.05) is 0 Å². The zero-order valence-corrected chi connectivity index (χ0v) is 16.0. The molecule has 0 aromatic heterocycles. The molecule has 0 aromatic rings. The van der Waals surface area contributed by atoms with Gasteiger partial charge in [0.2, 0.25) is 0 Å². The Morgan fingerprint density at radius 2 is 1.96 bits per heavy atom. The second-order valence-electron chi connectivity index (χ2n) is 7.18. The highest BCUT2D eigenvalue weighted by Crippen LogP contribution is 2.27. The van der Waals surface area contributed by atoms with E-state index in [4.69, 9.17) is 11.2 Å². The van der Waals surface area contributed by atoms with Crippen molar-refractivity contribution in [2.45, 2.75) is 96.5 Å². The minimum Gasteiger partial charge on any atom is -0.442 e. The van der Waals surface area contributed by atoms with Gasteiger partial charge in [0.15, 0.2) is 5.60 Å². The first-order chi connectivity index (χ1) is 12.0.